The van der Waals surface area contributed by atoms with E-state index < -0.39 is 0 Å². The van der Waals surface area contributed by atoms with E-state index in [1.807, 2.05) is 53.4 Å². The Kier molecular flexibility index (Phi) is 6.10. The highest BCUT2D eigenvalue weighted by molar-refractivity contribution is 6.30. The van der Waals surface area contributed by atoms with Crippen LogP contribution in [0, 0.1) is 0 Å². The van der Waals surface area contributed by atoms with Gasteiger partial charge in [-0.3, -0.25) is 9.59 Å². The molecule has 4 rings (SSSR count). The Morgan fingerprint density at radius 2 is 1.61 bits per heavy atom. The molecule has 31 heavy (non-hydrogen) atoms. The number of carbonyl (C=O) groups excluding carboxylic acids is 2. The van der Waals surface area contributed by atoms with Crippen LogP contribution in [0.25, 0.3) is 0 Å². The van der Waals surface area contributed by atoms with E-state index in [-0.39, 0.29) is 30.3 Å². The van der Waals surface area contributed by atoms with Crippen LogP contribution in [-0.4, -0.2) is 24.3 Å². The molecule has 0 bridgehead atoms. The van der Waals surface area contributed by atoms with Crippen molar-refractivity contribution in [2.24, 2.45) is 0 Å². The molecule has 0 spiro atoms. The first-order valence-electron chi connectivity index (χ1n) is 10.4. The van der Waals surface area contributed by atoms with Crippen LogP contribution in [0.1, 0.15) is 42.2 Å². The molecule has 4 nitrogen and oxygen atoms in total. The minimum Gasteiger partial charge on any atom is -0.361 e. The molecule has 0 N–H and O–H groups in total. The third-order valence-corrected chi connectivity index (χ3v) is 6.12. The lowest BCUT2D eigenvalue weighted by atomic mass is 9.89. The van der Waals surface area contributed by atoms with Crippen molar-refractivity contribution in [3.63, 3.8) is 0 Å². The largest absolute Gasteiger partial charge is 0.361 e. The Balaban J connectivity index is 1.68. The minimum absolute atomic E-state index is 0.00361. The van der Waals surface area contributed by atoms with Gasteiger partial charge in [0.25, 0.3) is 0 Å². The second-order valence-corrected chi connectivity index (χ2v) is 8.38. The van der Waals surface area contributed by atoms with E-state index in [0.717, 1.165) is 23.4 Å². The molecule has 2 atom stereocenters. The highest BCUT2D eigenvalue weighted by Crippen LogP contribution is 2.42. The van der Waals surface area contributed by atoms with E-state index in [1.54, 1.807) is 31.2 Å². The van der Waals surface area contributed by atoms with Gasteiger partial charge < -0.3 is 9.80 Å². The van der Waals surface area contributed by atoms with E-state index in [4.69, 9.17) is 11.6 Å². The maximum Gasteiger partial charge on any atom is 0.224 e. The zero-order chi connectivity index (χ0) is 22.0. The van der Waals surface area contributed by atoms with Crippen molar-refractivity contribution in [2.75, 3.05) is 16.3 Å². The number of benzene rings is 3. The van der Waals surface area contributed by atoms with Crippen molar-refractivity contribution < 1.29 is 9.59 Å². The lowest BCUT2D eigenvalue weighted by Crippen LogP contribution is -2.46. The van der Waals surface area contributed by atoms with Crippen LogP contribution >= 0.6 is 11.6 Å². The summed E-state index contributed by atoms with van der Waals surface area (Å²) in [7, 11) is 0. The highest BCUT2D eigenvalue weighted by atomic mass is 35.5. The van der Waals surface area contributed by atoms with Gasteiger partial charge in [-0.1, -0.05) is 48.0 Å². The third kappa shape index (κ3) is 4.35. The molecule has 0 saturated carbocycles. The van der Waals surface area contributed by atoms with Crippen molar-refractivity contribution in [3.05, 3.63) is 95.0 Å². The average molecular weight is 433 g/mol. The van der Waals surface area contributed by atoms with Gasteiger partial charge in [0.15, 0.2) is 5.78 Å². The van der Waals surface area contributed by atoms with E-state index in [9.17, 15) is 9.59 Å². The second kappa shape index (κ2) is 8.94. The second-order valence-electron chi connectivity index (χ2n) is 7.94. The number of Topliss-reactive ketones (excluding diaryl/α,β-unsaturated/α-hetero) is 1. The number of hydrogen-bond acceptors (Lipinski definition) is 3. The summed E-state index contributed by atoms with van der Waals surface area (Å²) in [5, 5.41) is 0.612. The monoisotopic (exact) mass is 432 g/mol. The van der Waals surface area contributed by atoms with E-state index >= 15 is 0 Å². The summed E-state index contributed by atoms with van der Waals surface area (Å²) in [5.41, 5.74) is 3.58. The lowest BCUT2D eigenvalue weighted by Gasteiger charge is -2.44. The predicted molar refractivity (Wildman–Crippen MR) is 126 cm³/mol. The Hall–Kier alpha value is -3.11. The van der Waals surface area contributed by atoms with Gasteiger partial charge in [-0.05, 0) is 61.4 Å². The number of amides is 1. The normalized spacial score (nSPS) is 17.7. The Morgan fingerprint density at radius 3 is 2.29 bits per heavy atom. The zero-order valence-electron chi connectivity index (χ0n) is 17.7. The molecule has 0 radical (unpaired) electrons. The van der Waals surface area contributed by atoms with E-state index in [0.29, 0.717) is 10.6 Å². The van der Waals surface area contributed by atoms with Crippen LogP contribution in [-0.2, 0) is 4.79 Å². The average Bonchev–Trinajstić information content (AvgIpc) is 2.77. The van der Waals surface area contributed by atoms with E-state index in [1.165, 1.54) is 0 Å². The fourth-order valence-electron chi connectivity index (χ4n) is 4.38. The summed E-state index contributed by atoms with van der Waals surface area (Å²) in [5.74, 6) is 0.0483. The SMILES string of the molecule is CC(=O)N(c1ccccc1)[C@H]1C[C@H](C)N(CC(=O)c2ccc(Cl)cc2)c2ccccc21. The highest BCUT2D eigenvalue weighted by Gasteiger charge is 2.35. The summed E-state index contributed by atoms with van der Waals surface area (Å²) < 4.78 is 0. The molecule has 0 saturated heterocycles. The number of fused-ring (bicyclic) bond motifs is 1. The van der Waals surface area contributed by atoms with Gasteiger partial charge in [0, 0.05) is 34.9 Å². The topological polar surface area (TPSA) is 40.6 Å². The molecule has 0 unspecified atom stereocenters. The van der Waals surface area contributed by atoms with Gasteiger partial charge in [-0.15, -0.1) is 0 Å². The number of nitrogens with zero attached hydrogens (tertiary/aromatic N) is 2. The van der Waals surface area contributed by atoms with Crippen LogP contribution in [0.3, 0.4) is 0 Å². The lowest BCUT2D eigenvalue weighted by molar-refractivity contribution is -0.117. The van der Waals surface area contributed by atoms with Crippen LogP contribution in [0.4, 0.5) is 11.4 Å². The van der Waals surface area contributed by atoms with Crippen LogP contribution in [0.5, 0.6) is 0 Å². The van der Waals surface area contributed by atoms with Crippen molar-refractivity contribution in [1.29, 1.82) is 0 Å². The van der Waals surface area contributed by atoms with E-state index in [2.05, 4.69) is 17.9 Å². The van der Waals surface area contributed by atoms with Gasteiger partial charge in [0.1, 0.15) is 0 Å². The molecule has 3 aromatic carbocycles. The summed E-state index contributed by atoms with van der Waals surface area (Å²) in [4.78, 5) is 29.7. The van der Waals surface area contributed by atoms with Crippen LogP contribution in [0.2, 0.25) is 5.02 Å². The van der Waals surface area contributed by atoms with Crippen LogP contribution in [0.15, 0.2) is 78.9 Å². The molecule has 1 aliphatic heterocycles. The summed E-state index contributed by atoms with van der Waals surface area (Å²) in [6, 6.07) is 24.8. The molecule has 0 aromatic heterocycles. The number of hydrogen-bond donors (Lipinski definition) is 0. The summed E-state index contributed by atoms with van der Waals surface area (Å²) in [6.07, 6.45) is 0.736. The first-order chi connectivity index (χ1) is 15.0. The quantitative estimate of drug-likeness (QED) is 0.470. The van der Waals surface area contributed by atoms with Gasteiger partial charge in [-0.2, -0.15) is 0 Å². The maximum atomic E-state index is 13.0. The Labute approximate surface area is 188 Å². The van der Waals surface area contributed by atoms with Gasteiger partial charge in [-0.25, -0.2) is 0 Å². The molecule has 3 aromatic rings. The third-order valence-electron chi connectivity index (χ3n) is 5.87. The minimum atomic E-state index is -0.0898. The number of para-hydroxylation sites is 2. The number of ketones is 1. The molecule has 5 heteroatoms. The molecule has 1 aliphatic rings. The van der Waals surface area contributed by atoms with Gasteiger partial charge in [0.2, 0.25) is 5.91 Å². The van der Waals surface area contributed by atoms with Crippen molar-refractivity contribution in [1.82, 2.24) is 0 Å². The summed E-state index contributed by atoms with van der Waals surface area (Å²) in [6.45, 7) is 4.00. The van der Waals surface area contributed by atoms with Gasteiger partial charge in [0.05, 0.1) is 12.6 Å². The fourth-order valence-corrected chi connectivity index (χ4v) is 4.51. The molecular weight excluding hydrogens is 408 g/mol. The number of rotatable bonds is 5. The van der Waals surface area contributed by atoms with Crippen molar-refractivity contribution in [2.45, 2.75) is 32.4 Å². The first kappa shape index (κ1) is 21.1. The number of halogens is 1. The molecule has 0 fully saturated rings. The summed E-state index contributed by atoms with van der Waals surface area (Å²) >= 11 is 5.97. The molecule has 158 valence electrons. The van der Waals surface area contributed by atoms with Crippen molar-refractivity contribution in [3.8, 4) is 0 Å². The first-order valence-corrected chi connectivity index (χ1v) is 10.8. The number of carbonyl (C=O) groups is 2. The fraction of sp³-hybridized carbons (Fsp3) is 0.231. The van der Waals surface area contributed by atoms with Crippen LogP contribution < -0.4 is 9.80 Å². The maximum absolute atomic E-state index is 13.0. The van der Waals surface area contributed by atoms with Gasteiger partial charge >= 0.3 is 0 Å². The number of anilines is 2. The zero-order valence-corrected chi connectivity index (χ0v) is 18.4. The molecule has 1 amide bonds. The molecule has 0 aliphatic carbocycles. The van der Waals surface area contributed by atoms with Crippen molar-refractivity contribution >= 4 is 34.7 Å². The predicted octanol–water partition coefficient (Wildman–Crippen LogP) is 5.92. The Bertz CT molecular complexity index is 1080. The Morgan fingerprint density at radius 1 is 0.968 bits per heavy atom. The molecule has 1 heterocycles. The molecular formula is C26H25ClN2O2. The standard InChI is InChI=1S/C26H25ClN2O2/c1-18-16-25(29(19(2)30)22-8-4-3-5-9-22)23-10-6-7-11-24(23)28(18)17-26(31)20-12-14-21(27)15-13-20/h3-15,18,25H,16-17H2,1-2H3/t18-,25-/m0/s1. The smallest absolute Gasteiger partial charge is 0.224 e.